The molecule has 0 spiro atoms. The zero-order valence-corrected chi connectivity index (χ0v) is 13.2. The fraction of sp³-hybridized carbons (Fsp3) is 0.733. The molecule has 1 aliphatic carbocycles. The Morgan fingerprint density at radius 1 is 1.28 bits per heavy atom. The molecule has 0 saturated heterocycles. The Morgan fingerprint density at radius 2 is 1.94 bits per heavy atom. The van der Waals surface area contributed by atoms with E-state index < -0.39 is 0 Å². The number of nitrogens with one attached hydrogen (secondary N) is 1. The minimum atomic E-state index is 0.498. The van der Waals surface area contributed by atoms with Crippen LogP contribution in [0.25, 0.3) is 0 Å². The number of rotatable bonds is 4. The van der Waals surface area contributed by atoms with Crippen LogP contribution >= 0.6 is 22.9 Å². The second-order valence-electron chi connectivity index (χ2n) is 5.85. The van der Waals surface area contributed by atoms with Crippen LogP contribution in [0.15, 0.2) is 12.1 Å². The molecule has 3 unspecified atom stereocenters. The van der Waals surface area contributed by atoms with Gasteiger partial charge in [-0.05, 0) is 55.7 Å². The van der Waals surface area contributed by atoms with E-state index in [4.69, 9.17) is 11.6 Å². The van der Waals surface area contributed by atoms with Gasteiger partial charge in [0.15, 0.2) is 0 Å². The van der Waals surface area contributed by atoms with Crippen LogP contribution in [-0.4, -0.2) is 6.54 Å². The standard InChI is InChI=1S/C15H24ClNS/c1-4-17-15(13-5-6-14(16)18-13)12-8-10(2)7-11(3)9-12/h5-6,10-12,15,17H,4,7-9H2,1-3H3. The van der Waals surface area contributed by atoms with E-state index in [9.17, 15) is 0 Å². The molecule has 0 bridgehead atoms. The van der Waals surface area contributed by atoms with Crippen LogP contribution in [-0.2, 0) is 0 Å². The highest BCUT2D eigenvalue weighted by Gasteiger charge is 2.31. The molecule has 102 valence electrons. The summed E-state index contributed by atoms with van der Waals surface area (Å²) in [6, 6.07) is 4.73. The molecular formula is C15H24ClNS. The molecular weight excluding hydrogens is 262 g/mol. The molecule has 0 amide bonds. The minimum Gasteiger partial charge on any atom is -0.309 e. The van der Waals surface area contributed by atoms with Gasteiger partial charge in [-0.25, -0.2) is 0 Å². The number of halogens is 1. The van der Waals surface area contributed by atoms with Crippen molar-refractivity contribution in [2.45, 2.75) is 46.1 Å². The van der Waals surface area contributed by atoms with Crippen molar-refractivity contribution < 1.29 is 0 Å². The van der Waals surface area contributed by atoms with E-state index in [1.165, 1.54) is 24.1 Å². The SMILES string of the molecule is CCNC(c1ccc(Cl)s1)C1CC(C)CC(C)C1. The smallest absolute Gasteiger partial charge is 0.0931 e. The van der Waals surface area contributed by atoms with E-state index in [-0.39, 0.29) is 0 Å². The molecule has 1 saturated carbocycles. The van der Waals surface area contributed by atoms with Gasteiger partial charge in [-0.2, -0.15) is 0 Å². The summed E-state index contributed by atoms with van der Waals surface area (Å²) in [6.07, 6.45) is 4.08. The normalized spacial score (nSPS) is 30.3. The maximum atomic E-state index is 6.09. The maximum Gasteiger partial charge on any atom is 0.0931 e. The first-order valence-electron chi connectivity index (χ1n) is 7.08. The zero-order valence-electron chi connectivity index (χ0n) is 11.6. The van der Waals surface area contributed by atoms with Gasteiger partial charge in [-0.1, -0.05) is 32.4 Å². The van der Waals surface area contributed by atoms with Crippen molar-refractivity contribution in [3.63, 3.8) is 0 Å². The predicted octanol–water partition coefficient (Wildman–Crippen LogP) is 5.12. The van der Waals surface area contributed by atoms with Crippen LogP contribution < -0.4 is 5.32 Å². The lowest BCUT2D eigenvalue weighted by Gasteiger charge is -2.36. The van der Waals surface area contributed by atoms with E-state index in [1.807, 2.05) is 6.07 Å². The Balaban J connectivity index is 2.14. The molecule has 1 aromatic heterocycles. The van der Waals surface area contributed by atoms with E-state index in [0.717, 1.165) is 28.6 Å². The fourth-order valence-corrected chi connectivity index (χ4v) is 4.73. The lowest BCUT2D eigenvalue weighted by molar-refractivity contribution is 0.179. The number of hydrogen-bond donors (Lipinski definition) is 1. The Hall–Kier alpha value is -0.0500. The average Bonchev–Trinajstić information content (AvgIpc) is 2.71. The second-order valence-corrected chi connectivity index (χ2v) is 7.60. The summed E-state index contributed by atoms with van der Waals surface area (Å²) < 4.78 is 0.907. The van der Waals surface area contributed by atoms with Crippen molar-refractivity contribution in [3.8, 4) is 0 Å². The first kappa shape index (κ1) is 14.4. The highest BCUT2D eigenvalue weighted by molar-refractivity contribution is 7.16. The highest BCUT2D eigenvalue weighted by atomic mass is 35.5. The van der Waals surface area contributed by atoms with Crippen molar-refractivity contribution in [2.75, 3.05) is 6.54 Å². The molecule has 1 heterocycles. The van der Waals surface area contributed by atoms with Crippen molar-refractivity contribution in [1.82, 2.24) is 5.32 Å². The summed E-state index contributed by atoms with van der Waals surface area (Å²) in [7, 11) is 0. The highest BCUT2D eigenvalue weighted by Crippen LogP contribution is 2.41. The van der Waals surface area contributed by atoms with Gasteiger partial charge in [0.1, 0.15) is 0 Å². The molecule has 2 rings (SSSR count). The average molecular weight is 286 g/mol. The summed E-state index contributed by atoms with van der Waals surface area (Å²) >= 11 is 7.83. The van der Waals surface area contributed by atoms with Crippen molar-refractivity contribution >= 4 is 22.9 Å². The second kappa shape index (κ2) is 6.40. The Labute approximate surface area is 120 Å². The largest absolute Gasteiger partial charge is 0.309 e. The van der Waals surface area contributed by atoms with Crippen LogP contribution in [0.1, 0.15) is 51.0 Å². The minimum absolute atomic E-state index is 0.498. The third kappa shape index (κ3) is 3.49. The zero-order chi connectivity index (χ0) is 13.1. The van der Waals surface area contributed by atoms with Gasteiger partial charge in [0.25, 0.3) is 0 Å². The van der Waals surface area contributed by atoms with E-state index >= 15 is 0 Å². The fourth-order valence-electron chi connectivity index (χ4n) is 3.50. The van der Waals surface area contributed by atoms with Crippen LogP contribution in [0.4, 0.5) is 0 Å². The van der Waals surface area contributed by atoms with Gasteiger partial charge < -0.3 is 5.32 Å². The number of thiophene rings is 1. The van der Waals surface area contributed by atoms with Gasteiger partial charge in [0.2, 0.25) is 0 Å². The lowest BCUT2D eigenvalue weighted by Crippen LogP contribution is -2.32. The maximum absolute atomic E-state index is 6.09. The summed E-state index contributed by atoms with van der Waals surface area (Å²) in [5, 5.41) is 3.67. The van der Waals surface area contributed by atoms with Crippen LogP contribution in [0.3, 0.4) is 0 Å². The lowest BCUT2D eigenvalue weighted by atomic mass is 9.73. The summed E-state index contributed by atoms with van der Waals surface area (Å²) in [4.78, 5) is 1.41. The molecule has 0 aromatic carbocycles. The van der Waals surface area contributed by atoms with Crippen molar-refractivity contribution in [1.29, 1.82) is 0 Å². The van der Waals surface area contributed by atoms with Crippen LogP contribution in [0.2, 0.25) is 4.34 Å². The summed E-state index contributed by atoms with van der Waals surface area (Å²) in [5.74, 6) is 2.48. The molecule has 1 N–H and O–H groups in total. The molecule has 1 aromatic rings. The predicted molar refractivity (Wildman–Crippen MR) is 81.4 cm³/mol. The summed E-state index contributed by atoms with van der Waals surface area (Å²) in [5.41, 5.74) is 0. The quantitative estimate of drug-likeness (QED) is 0.809. The Bertz CT molecular complexity index is 366. The molecule has 3 atom stereocenters. The molecule has 0 radical (unpaired) electrons. The van der Waals surface area contributed by atoms with E-state index in [0.29, 0.717) is 6.04 Å². The van der Waals surface area contributed by atoms with Crippen molar-refractivity contribution in [3.05, 3.63) is 21.3 Å². The van der Waals surface area contributed by atoms with Gasteiger partial charge in [-0.3, -0.25) is 0 Å². The third-order valence-corrected chi connectivity index (χ3v) is 5.33. The Kier molecular flexibility index (Phi) is 5.11. The molecule has 3 heteroatoms. The van der Waals surface area contributed by atoms with Crippen molar-refractivity contribution in [2.24, 2.45) is 17.8 Å². The molecule has 0 aliphatic heterocycles. The number of hydrogen-bond acceptors (Lipinski definition) is 2. The molecule has 1 aliphatic rings. The monoisotopic (exact) mass is 285 g/mol. The van der Waals surface area contributed by atoms with Crippen LogP contribution in [0.5, 0.6) is 0 Å². The van der Waals surface area contributed by atoms with Crippen LogP contribution in [0, 0.1) is 17.8 Å². The molecule has 1 nitrogen and oxygen atoms in total. The molecule has 18 heavy (non-hydrogen) atoms. The van der Waals surface area contributed by atoms with Gasteiger partial charge >= 0.3 is 0 Å². The Morgan fingerprint density at radius 3 is 2.44 bits per heavy atom. The summed E-state index contributed by atoms with van der Waals surface area (Å²) in [6.45, 7) is 8.01. The van der Waals surface area contributed by atoms with Gasteiger partial charge in [0.05, 0.1) is 4.34 Å². The first-order valence-corrected chi connectivity index (χ1v) is 8.28. The van der Waals surface area contributed by atoms with Gasteiger partial charge in [0, 0.05) is 10.9 Å². The first-order chi connectivity index (χ1) is 8.60. The topological polar surface area (TPSA) is 12.0 Å². The third-order valence-electron chi connectivity index (χ3n) is 4.01. The van der Waals surface area contributed by atoms with Gasteiger partial charge in [-0.15, -0.1) is 11.3 Å². The van der Waals surface area contributed by atoms with E-state index in [1.54, 1.807) is 11.3 Å². The van der Waals surface area contributed by atoms with E-state index in [2.05, 4.69) is 32.2 Å². The molecule has 1 fully saturated rings.